The van der Waals surface area contributed by atoms with Crippen LogP contribution in [-0.4, -0.2) is 36.1 Å². The maximum Gasteiger partial charge on any atom is 0.0125 e. The van der Waals surface area contributed by atoms with Gasteiger partial charge in [0.05, 0.1) is 0 Å². The number of hydrogen-bond acceptors (Lipinski definition) is 2. The fourth-order valence-corrected chi connectivity index (χ4v) is 2.65. The van der Waals surface area contributed by atoms with Crippen molar-refractivity contribution in [2.24, 2.45) is 5.92 Å². The number of likely N-dealkylation sites (tertiary alicyclic amines) is 1. The molecule has 0 aromatic heterocycles. The molecule has 1 aliphatic carbocycles. The molecule has 0 spiro atoms. The smallest absolute Gasteiger partial charge is 0.0125 e. The lowest BCUT2D eigenvalue weighted by molar-refractivity contribution is 0.0963. The lowest BCUT2D eigenvalue weighted by Crippen LogP contribution is -2.50. The van der Waals surface area contributed by atoms with Crippen molar-refractivity contribution in [3.8, 4) is 0 Å². The molecule has 2 rings (SSSR count). The largest absolute Gasteiger partial charge is 0.314 e. The SMILES string of the molecule is CC(C)(C)N1CCC(NCCC2CC2)CC1. The van der Waals surface area contributed by atoms with Gasteiger partial charge in [0.15, 0.2) is 0 Å². The van der Waals surface area contributed by atoms with Crippen molar-refractivity contribution in [1.29, 1.82) is 0 Å². The molecule has 0 amide bonds. The Kier molecular flexibility index (Phi) is 3.91. The monoisotopic (exact) mass is 224 g/mol. The van der Waals surface area contributed by atoms with E-state index in [-0.39, 0.29) is 0 Å². The highest BCUT2D eigenvalue weighted by atomic mass is 15.2. The molecular weight excluding hydrogens is 196 g/mol. The maximum absolute atomic E-state index is 3.74. The first-order chi connectivity index (χ1) is 7.55. The molecule has 0 aromatic carbocycles. The highest BCUT2D eigenvalue weighted by Crippen LogP contribution is 2.31. The van der Waals surface area contributed by atoms with Gasteiger partial charge >= 0.3 is 0 Å². The van der Waals surface area contributed by atoms with Gasteiger partial charge in [-0.2, -0.15) is 0 Å². The van der Waals surface area contributed by atoms with E-state index in [0.717, 1.165) is 12.0 Å². The molecule has 0 aromatic rings. The van der Waals surface area contributed by atoms with Crippen LogP contribution in [0.4, 0.5) is 0 Å². The highest BCUT2D eigenvalue weighted by molar-refractivity contribution is 4.84. The van der Waals surface area contributed by atoms with Crippen LogP contribution >= 0.6 is 0 Å². The third-order valence-corrected chi connectivity index (χ3v) is 4.13. The summed E-state index contributed by atoms with van der Waals surface area (Å²) in [5.74, 6) is 1.07. The minimum atomic E-state index is 0.360. The van der Waals surface area contributed by atoms with E-state index in [2.05, 4.69) is 31.0 Å². The fourth-order valence-electron chi connectivity index (χ4n) is 2.65. The van der Waals surface area contributed by atoms with Gasteiger partial charge in [0, 0.05) is 24.7 Å². The van der Waals surface area contributed by atoms with Crippen molar-refractivity contribution in [3.63, 3.8) is 0 Å². The third kappa shape index (κ3) is 3.74. The van der Waals surface area contributed by atoms with Gasteiger partial charge in [-0.05, 0) is 52.5 Å². The molecule has 2 heteroatoms. The van der Waals surface area contributed by atoms with E-state index in [0.29, 0.717) is 5.54 Å². The van der Waals surface area contributed by atoms with Gasteiger partial charge in [-0.3, -0.25) is 4.90 Å². The molecule has 1 aliphatic heterocycles. The first-order valence-electron chi connectivity index (χ1n) is 7.04. The summed E-state index contributed by atoms with van der Waals surface area (Å²) in [5.41, 5.74) is 0.360. The number of piperidine rings is 1. The minimum absolute atomic E-state index is 0.360. The standard InChI is InChI=1S/C14H28N2/c1-14(2,3)16-10-7-13(8-11-16)15-9-6-12-4-5-12/h12-13,15H,4-11H2,1-3H3. The lowest BCUT2D eigenvalue weighted by atomic mass is 9.98. The summed E-state index contributed by atoms with van der Waals surface area (Å²) in [7, 11) is 0. The van der Waals surface area contributed by atoms with Crippen LogP contribution in [0.2, 0.25) is 0 Å². The van der Waals surface area contributed by atoms with E-state index in [1.807, 2.05) is 0 Å². The summed E-state index contributed by atoms with van der Waals surface area (Å²) in [4.78, 5) is 2.62. The van der Waals surface area contributed by atoms with Crippen molar-refractivity contribution in [2.45, 2.75) is 64.5 Å². The van der Waals surface area contributed by atoms with E-state index in [4.69, 9.17) is 0 Å². The van der Waals surface area contributed by atoms with Crippen LogP contribution in [0.1, 0.15) is 52.9 Å². The van der Waals surface area contributed by atoms with Gasteiger partial charge in [-0.1, -0.05) is 12.8 Å². The zero-order chi connectivity index (χ0) is 11.6. The van der Waals surface area contributed by atoms with Gasteiger partial charge in [-0.25, -0.2) is 0 Å². The number of nitrogens with zero attached hydrogens (tertiary/aromatic N) is 1. The van der Waals surface area contributed by atoms with Crippen molar-refractivity contribution in [3.05, 3.63) is 0 Å². The van der Waals surface area contributed by atoms with Gasteiger partial charge in [0.2, 0.25) is 0 Å². The normalized spacial score (nSPS) is 24.9. The van der Waals surface area contributed by atoms with E-state index in [1.165, 1.54) is 51.7 Å². The Bertz CT molecular complexity index is 207. The third-order valence-electron chi connectivity index (χ3n) is 4.13. The van der Waals surface area contributed by atoms with Gasteiger partial charge in [0.1, 0.15) is 0 Å². The maximum atomic E-state index is 3.74. The van der Waals surface area contributed by atoms with Gasteiger partial charge in [-0.15, -0.1) is 0 Å². The predicted octanol–water partition coefficient (Wildman–Crippen LogP) is 2.64. The summed E-state index contributed by atoms with van der Waals surface area (Å²) < 4.78 is 0. The topological polar surface area (TPSA) is 15.3 Å². The van der Waals surface area contributed by atoms with E-state index in [1.54, 1.807) is 0 Å². The molecule has 0 bridgehead atoms. The summed E-state index contributed by atoms with van der Waals surface area (Å²) in [6.45, 7) is 10.8. The Morgan fingerprint density at radius 1 is 1.06 bits per heavy atom. The Morgan fingerprint density at radius 2 is 1.69 bits per heavy atom. The lowest BCUT2D eigenvalue weighted by Gasteiger charge is -2.41. The zero-order valence-electron chi connectivity index (χ0n) is 11.3. The molecule has 94 valence electrons. The Labute approximate surface area is 101 Å². The molecule has 1 saturated heterocycles. The molecular formula is C14H28N2. The quantitative estimate of drug-likeness (QED) is 0.790. The van der Waals surface area contributed by atoms with Crippen LogP contribution in [0.15, 0.2) is 0 Å². The second kappa shape index (κ2) is 5.05. The molecule has 2 nitrogen and oxygen atoms in total. The summed E-state index contributed by atoms with van der Waals surface area (Å²) in [6.07, 6.45) is 7.07. The van der Waals surface area contributed by atoms with Crippen molar-refractivity contribution < 1.29 is 0 Å². The predicted molar refractivity (Wildman–Crippen MR) is 69.7 cm³/mol. The molecule has 0 unspecified atom stereocenters. The summed E-state index contributed by atoms with van der Waals surface area (Å²) in [5, 5.41) is 3.74. The molecule has 2 fully saturated rings. The number of rotatable bonds is 4. The molecule has 2 aliphatic rings. The molecule has 16 heavy (non-hydrogen) atoms. The van der Waals surface area contributed by atoms with E-state index < -0.39 is 0 Å². The van der Waals surface area contributed by atoms with Crippen molar-refractivity contribution in [1.82, 2.24) is 10.2 Å². The van der Waals surface area contributed by atoms with Gasteiger partial charge < -0.3 is 5.32 Å². The Morgan fingerprint density at radius 3 is 2.19 bits per heavy atom. The molecule has 1 N–H and O–H groups in total. The average Bonchev–Trinajstić information content (AvgIpc) is 3.01. The number of nitrogens with one attached hydrogen (secondary N) is 1. The van der Waals surface area contributed by atoms with E-state index in [9.17, 15) is 0 Å². The summed E-state index contributed by atoms with van der Waals surface area (Å²) in [6, 6.07) is 0.789. The Balaban J connectivity index is 1.60. The second-order valence-corrected chi connectivity index (χ2v) is 6.62. The first kappa shape index (κ1) is 12.4. The zero-order valence-corrected chi connectivity index (χ0v) is 11.3. The van der Waals surface area contributed by atoms with Crippen molar-refractivity contribution >= 4 is 0 Å². The summed E-state index contributed by atoms with van der Waals surface area (Å²) >= 11 is 0. The molecule has 0 atom stereocenters. The molecule has 0 radical (unpaired) electrons. The van der Waals surface area contributed by atoms with E-state index >= 15 is 0 Å². The molecule has 1 saturated carbocycles. The average molecular weight is 224 g/mol. The van der Waals surface area contributed by atoms with Gasteiger partial charge in [0.25, 0.3) is 0 Å². The first-order valence-corrected chi connectivity index (χ1v) is 7.04. The van der Waals surface area contributed by atoms with Crippen LogP contribution in [0.25, 0.3) is 0 Å². The van der Waals surface area contributed by atoms with Crippen LogP contribution in [0, 0.1) is 5.92 Å². The van der Waals surface area contributed by atoms with Crippen LogP contribution < -0.4 is 5.32 Å². The fraction of sp³-hybridized carbons (Fsp3) is 1.00. The van der Waals surface area contributed by atoms with Crippen LogP contribution in [-0.2, 0) is 0 Å². The van der Waals surface area contributed by atoms with Crippen LogP contribution in [0.5, 0.6) is 0 Å². The minimum Gasteiger partial charge on any atom is -0.314 e. The molecule has 1 heterocycles. The number of hydrogen-bond donors (Lipinski definition) is 1. The van der Waals surface area contributed by atoms with Crippen LogP contribution in [0.3, 0.4) is 0 Å². The van der Waals surface area contributed by atoms with Crippen molar-refractivity contribution in [2.75, 3.05) is 19.6 Å². The second-order valence-electron chi connectivity index (χ2n) is 6.62. The highest BCUT2D eigenvalue weighted by Gasteiger charge is 2.27. The Hall–Kier alpha value is -0.0800.